The van der Waals surface area contributed by atoms with Crippen molar-refractivity contribution in [3.8, 4) is 0 Å². The van der Waals surface area contributed by atoms with Crippen LogP contribution in [0.15, 0.2) is 36.4 Å². The number of carbonyl (C=O) groups excluding carboxylic acids is 2. The Bertz CT molecular complexity index is 1040. The van der Waals surface area contributed by atoms with Gasteiger partial charge in [-0.3, -0.25) is 9.59 Å². The lowest BCUT2D eigenvalue weighted by Crippen LogP contribution is -2.47. The van der Waals surface area contributed by atoms with Crippen LogP contribution in [0.3, 0.4) is 0 Å². The molecule has 0 aromatic heterocycles. The molecular formula is C25H27Cl2F3N2O2. The van der Waals surface area contributed by atoms with Gasteiger partial charge in [-0.1, -0.05) is 47.5 Å². The van der Waals surface area contributed by atoms with Gasteiger partial charge in [0.2, 0.25) is 5.91 Å². The van der Waals surface area contributed by atoms with E-state index in [0.717, 1.165) is 28.9 Å². The zero-order valence-electron chi connectivity index (χ0n) is 19.2. The van der Waals surface area contributed by atoms with Crippen LogP contribution in [0, 0.1) is 13.8 Å². The Kier molecular flexibility index (Phi) is 9.74. The summed E-state index contributed by atoms with van der Waals surface area (Å²) in [7, 11) is 1.57. The standard InChI is InChI=1S/C18H16Cl2O.C7H11F3N2O/c1-12-8-15(10-17(19)13(12)2)5-3-4-14-6-7-16(11-21)18(20)9-14;1-11-6(2-3-6)5(13)12-4-7(8,9)10/h3-4,6-11H,5H2,1-2H3;11H,2-4H2,1H3,(H,12,13)/b4-3+;. The minimum Gasteiger partial charge on any atom is -0.345 e. The average Bonchev–Trinajstić information content (AvgIpc) is 3.57. The van der Waals surface area contributed by atoms with Gasteiger partial charge >= 0.3 is 6.18 Å². The maximum atomic E-state index is 11.7. The number of aldehydes is 1. The summed E-state index contributed by atoms with van der Waals surface area (Å²) in [6.07, 6.45) is 2.48. The van der Waals surface area contributed by atoms with Crippen molar-refractivity contribution >= 4 is 41.5 Å². The first-order valence-corrected chi connectivity index (χ1v) is 11.4. The number of rotatable bonds is 7. The number of hydrogen-bond acceptors (Lipinski definition) is 3. The molecule has 1 aliphatic carbocycles. The molecule has 3 rings (SSSR count). The maximum absolute atomic E-state index is 11.7. The van der Waals surface area contributed by atoms with Crippen molar-refractivity contribution in [2.45, 2.75) is 44.8 Å². The summed E-state index contributed by atoms with van der Waals surface area (Å²) in [4.78, 5) is 21.8. The first-order chi connectivity index (χ1) is 15.9. The number of aryl methyl sites for hydroxylation is 1. The van der Waals surface area contributed by atoms with Crippen LogP contribution in [0.2, 0.25) is 10.0 Å². The second-order valence-electron chi connectivity index (χ2n) is 8.15. The number of halogens is 5. The topological polar surface area (TPSA) is 58.2 Å². The van der Waals surface area contributed by atoms with Crippen LogP contribution in [0.4, 0.5) is 13.2 Å². The summed E-state index contributed by atoms with van der Waals surface area (Å²) < 4.78 is 35.1. The van der Waals surface area contributed by atoms with Crippen molar-refractivity contribution in [2.24, 2.45) is 0 Å². The van der Waals surface area contributed by atoms with Gasteiger partial charge in [0.1, 0.15) is 6.54 Å². The summed E-state index contributed by atoms with van der Waals surface area (Å²) in [5, 5.41) is 5.83. The second kappa shape index (κ2) is 11.9. The zero-order valence-corrected chi connectivity index (χ0v) is 20.7. The fourth-order valence-corrected chi connectivity index (χ4v) is 3.67. The SMILES string of the molecule is CNC1(C(=O)NCC(F)(F)F)CC1.Cc1cc(C/C=C/c2ccc(C=O)c(Cl)c2)cc(Cl)c1C. The number of alkyl halides is 3. The number of likely N-dealkylation sites (N-methyl/N-ethyl adjacent to an activating group) is 1. The first-order valence-electron chi connectivity index (χ1n) is 10.6. The predicted molar refractivity (Wildman–Crippen MR) is 131 cm³/mol. The van der Waals surface area contributed by atoms with Gasteiger partial charge in [0.15, 0.2) is 6.29 Å². The van der Waals surface area contributed by atoms with Gasteiger partial charge in [-0.15, -0.1) is 0 Å². The molecule has 9 heteroatoms. The van der Waals surface area contributed by atoms with E-state index in [4.69, 9.17) is 23.2 Å². The molecule has 0 heterocycles. The number of amides is 1. The Labute approximate surface area is 207 Å². The summed E-state index contributed by atoms with van der Waals surface area (Å²) in [6, 6.07) is 9.53. The van der Waals surface area contributed by atoms with Crippen molar-refractivity contribution in [3.63, 3.8) is 0 Å². The Morgan fingerprint density at radius 1 is 1.12 bits per heavy atom. The third-order valence-corrected chi connectivity index (χ3v) is 6.31. The molecule has 2 aromatic rings. The molecule has 0 radical (unpaired) electrons. The van der Waals surface area contributed by atoms with Crippen LogP contribution in [0.25, 0.3) is 6.08 Å². The Morgan fingerprint density at radius 2 is 1.79 bits per heavy atom. The maximum Gasteiger partial charge on any atom is 0.405 e. The smallest absolute Gasteiger partial charge is 0.345 e. The van der Waals surface area contributed by atoms with Crippen molar-refractivity contribution in [1.29, 1.82) is 0 Å². The Balaban J connectivity index is 0.000000270. The van der Waals surface area contributed by atoms with Crippen LogP contribution in [-0.4, -0.2) is 37.5 Å². The molecule has 2 N–H and O–H groups in total. The first kappa shape index (κ1) is 27.9. The molecule has 0 aliphatic heterocycles. The lowest BCUT2D eigenvalue weighted by molar-refractivity contribution is -0.140. The molecule has 1 amide bonds. The van der Waals surface area contributed by atoms with Crippen molar-refractivity contribution in [3.05, 3.63) is 74.3 Å². The summed E-state index contributed by atoms with van der Waals surface area (Å²) in [5.74, 6) is -0.563. The van der Waals surface area contributed by atoms with E-state index in [-0.39, 0.29) is 0 Å². The van der Waals surface area contributed by atoms with E-state index >= 15 is 0 Å². The highest BCUT2D eigenvalue weighted by atomic mass is 35.5. The minimum absolute atomic E-state index is 0.473. The fourth-order valence-electron chi connectivity index (χ4n) is 3.14. The number of benzene rings is 2. The molecule has 0 saturated heterocycles. The van der Waals surface area contributed by atoms with E-state index in [9.17, 15) is 22.8 Å². The molecule has 184 valence electrons. The van der Waals surface area contributed by atoms with Crippen LogP contribution in [0.1, 0.15) is 45.5 Å². The van der Waals surface area contributed by atoms with Crippen LogP contribution in [0.5, 0.6) is 0 Å². The lowest BCUT2D eigenvalue weighted by atomic mass is 10.0. The van der Waals surface area contributed by atoms with E-state index < -0.39 is 24.2 Å². The molecule has 1 fully saturated rings. The van der Waals surface area contributed by atoms with E-state index in [0.29, 0.717) is 23.4 Å². The number of allylic oxidation sites excluding steroid dienone is 1. The highest BCUT2D eigenvalue weighted by Crippen LogP contribution is 2.35. The van der Waals surface area contributed by atoms with E-state index in [1.54, 1.807) is 19.2 Å². The van der Waals surface area contributed by atoms with Gasteiger partial charge in [-0.05, 0) is 80.6 Å². The molecule has 1 aliphatic rings. The van der Waals surface area contributed by atoms with Crippen LogP contribution < -0.4 is 10.6 Å². The minimum atomic E-state index is -4.33. The van der Waals surface area contributed by atoms with Gasteiger partial charge in [-0.25, -0.2) is 0 Å². The van der Waals surface area contributed by atoms with Gasteiger partial charge in [0.25, 0.3) is 0 Å². The van der Waals surface area contributed by atoms with Gasteiger partial charge in [-0.2, -0.15) is 13.2 Å². The number of hydrogen-bond donors (Lipinski definition) is 2. The Morgan fingerprint density at radius 3 is 2.29 bits per heavy atom. The zero-order chi connectivity index (χ0) is 25.5. The van der Waals surface area contributed by atoms with Gasteiger partial charge < -0.3 is 10.6 Å². The van der Waals surface area contributed by atoms with Crippen molar-refractivity contribution < 1.29 is 22.8 Å². The van der Waals surface area contributed by atoms with Crippen LogP contribution in [-0.2, 0) is 11.2 Å². The summed E-state index contributed by atoms with van der Waals surface area (Å²) >= 11 is 12.2. The third kappa shape index (κ3) is 8.15. The Hall–Kier alpha value is -2.35. The largest absolute Gasteiger partial charge is 0.405 e. The van der Waals surface area contributed by atoms with Crippen molar-refractivity contribution in [2.75, 3.05) is 13.6 Å². The summed E-state index contributed by atoms with van der Waals surface area (Å²) in [6.45, 7) is 2.83. The number of nitrogens with one attached hydrogen (secondary N) is 2. The van der Waals surface area contributed by atoms with Crippen molar-refractivity contribution in [1.82, 2.24) is 10.6 Å². The molecule has 4 nitrogen and oxygen atoms in total. The molecule has 2 aromatic carbocycles. The van der Waals surface area contributed by atoms with E-state index in [1.165, 1.54) is 11.1 Å². The highest BCUT2D eigenvalue weighted by molar-refractivity contribution is 6.33. The summed E-state index contributed by atoms with van der Waals surface area (Å²) in [5.41, 5.74) is 4.25. The second-order valence-corrected chi connectivity index (χ2v) is 8.97. The normalized spacial score (nSPS) is 14.4. The number of carbonyl (C=O) groups is 2. The molecular weight excluding hydrogens is 488 g/mol. The lowest BCUT2D eigenvalue weighted by Gasteiger charge is -2.14. The van der Waals surface area contributed by atoms with E-state index in [2.05, 4.69) is 24.4 Å². The molecule has 0 unspecified atom stereocenters. The molecule has 0 atom stereocenters. The van der Waals surface area contributed by atoms with Gasteiger partial charge in [0.05, 0.1) is 10.6 Å². The molecule has 34 heavy (non-hydrogen) atoms. The monoisotopic (exact) mass is 514 g/mol. The third-order valence-electron chi connectivity index (χ3n) is 5.59. The molecule has 1 saturated carbocycles. The fraction of sp³-hybridized carbons (Fsp3) is 0.360. The quantitative estimate of drug-likeness (QED) is 0.439. The predicted octanol–water partition coefficient (Wildman–Crippen LogP) is 6.10. The van der Waals surface area contributed by atoms with E-state index in [1.807, 2.05) is 30.4 Å². The molecule has 0 spiro atoms. The molecule has 0 bridgehead atoms. The average molecular weight is 515 g/mol. The highest BCUT2D eigenvalue weighted by Gasteiger charge is 2.49. The van der Waals surface area contributed by atoms with Crippen LogP contribution >= 0.6 is 23.2 Å². The van der Waals surface area contributed by atoms with Gasteiger partial charge in [0, 0.05) is 10.6 Å².